The number of carboxylic acid groups (broad SMARTS) is 1. The molecule has 0 saturated heterocycles. The van der Waals surface area contributed by atoms with E-state index in [1.807, 2.05) is 0 Å². The van der Waals surface area contributed by atoms with Crippen LogP contribution in [0.2, 0.25) is 0 Å². The van der Waals surface area contributed by atoms with E-state index in [-0.39, 0.29) is 4.48 Å². The highest BCUT2D eigenvalue weighted by Crippen LogP contribution is 1.97. The second-order valence-electron chi connectivity index (χ2n) is 3.12. The fourth-order valence-electron chi connectivity index (χ4n) is 0.563. The van der Waals surface area contributed by atoms with Crippen molar-refractivity contribution in [3.63, 3.8) is 0 Å². The highest BCUT2D eigenvalue weighted by Gasteiger charge is 2.14. The lowest BCUT2D eigenvalue weighted by Gasteiger charge is -2.26. The quantitative estimate of drug-likeness (QED) is 0.498. The third kappa shape index (κ3) is 7.29. The Morgan fingerprint density at radius 1 is 1.82 bits per heavy atom. The number of aliphatic carboxylic acids is 1. The van der Waals surface area contributed by atoms with E-state index in [0.29, 0.717) is 0 Å². The SMILES string of the molecule is [2H]C([2H])([C@]([2H])(O)CC(=O)[O-])[N+](C)(C)C. The van der Waals surface area contributed by atoms with Crippen molar-refractivity contribution in [1.82, 2.24) is 0 Å². The van der Waals surface area contributed by atoms with Gasteiger partial charge in [0.15, 0.2) is 0 Å². The Labute approximate surface area is 70.9 Å². The summed E-state index contributed by atoms with van der Waals surface area (Å²) >= 11 is 0. The number of nitrogens with zero attached hydrogens (tertiary/aromatic N) is 1. The van der Waals surface area contributed by atoms with E-state index in [0.717, 1.165) is 0 Å². The Balaban J connectivity index is 4.97. The zero-order valence-corrected chi connectivity index (χ0v) is 6.92. The summed E-state index contributed by atoms with van der Waals surface area (Å²) in [5.41, 5.74) is 0. The number of quaternary nitrogens is 1. The fourth-order valence-corrected chi connectivity index (χ4v) is 0.563. The van der Waals surface area contributed by atoms with Crippen LogP contribution in [0.15, 0.2) is 0 Å². The minimum Gasteiger partial charge on any atom is -0.550 e. The Bertz CT molecular complexity index is 235. The summed E-state index contributed by atoms with van der Waals surface area (Å²) in [6.07, 6.45) is -3.76. The first-order chi connectivity index (χ1) is 5.92. The highest BCUT2D eigenvalue weighted by atomic mass is 16.4. The molecule has 0 unspecified atom stereocenters. The van der Waals surface area contributed by atoms with E-state index in [4.69, 9.17) is 4.11 Å². The van der Waals surface area contributed by atoms with Crippen molar-refractivity contribution in [3.8, 4) is 0 Å². The van der Waals surface area contributed by atoms with Crippen LogP contribution in [0.5, 0.6) is 0 Å². The highest BCUT2D eigenvalue weighted by molar-refractivity contribution is 5.64. The van der Waals surface area contributed by atoms with E-state index in [1.54, 1.807) is 0 Å². The number of hydrogen-bond donors (Lipinski definition) is 1. The van der Waals surface area contributed by atoms with Gasteiger partial charge < -0.3 is 19.5 Å². The standard InChI is InChI=1S/C7H15NO3/c1-8(2,3)5-6(9)4-7(10)11/h6,9H,4-5H2,1-3H3/t6-/m1/s1/i5D2,6D. The number of likely N-dealkylation sites (N-methyl/N-ethyl adjacent to an activating group) is 1. The van der Waals surface area contributed by atoms with Gasteiger partial charge in [-0.2, -0.15) is 0 Å². The van der Waals surface area contributed by atoms with Crippen molar-refractivity contribution >= 4 is 5.97 Å². The molecule has 66 valence electrons. The minimum atomic E-state index is -2.70. The first-order valence-electron chi connectivity index (χ1n) is 4.65. The predicted octanol–water partition coefficient (Wildman–Crippen LogP) is -1.81. The Morgan fingerprint density at radius 2 is 2.27 bits per heavy atom. The Morgan fingerprint density at radius 3 is 2.55 bits per heavy atom. The molecule has 0 aliphatic rings. The van der Waals surface area contributed by atoms with E-state index >= 15 is 0 Å². The number of carbonyl (C=O) groups excluding carboxylic acids is 1. The number of aliphatic hydroxyl groups is 1. The number of carboxylic acids is 1. The van der Waals surface area contributed by atoms with Crippen LogP contribution < -0.4 is 5.11 Å². The molecule has 0 bridgehead atoms. The molecule has 1 N–H and O–H groups in total. The summed E-state index contributed by atoms with van der Waals surface area (Å²) in [6, 6.07) is 0. The number of carbonyl (C=O) groups is 1. The van der Waals surface area contributed by atoms with E-state index < -0.39 is 25.0 Å². The van der Waals surface area contributed by atoms with Gasteiger partial charge in [-0.3, -0.25) is 0 Å². The molecular weight excluding hydrogens is 146 g/mol. The summed E-state index contributed by atoms with van der Waals surface area (Å²) < 4.78 is 21.9. The molecule has 0 aliphatic carbocycles. The van der Waals surface area contributed by atoms with E-state index in [1.165, 1.54) is 21.1 Å². The average molecular weight is 164 g/mol. The molecule has 4 nitrogen and oxygen atoms in total. The zero-order valence-electron chi connectivity index (χ0n) is 9.92. The van der Waals surface area contributed by atoms with Crippen molar-refractivity contribution in [2.24, 2.45) is 0 Å². The third-order valence-electron chi connectivity index (χ3n) is 0.776. The van der Waals surface area contributed by atoms with Gasteiger partial charge in [-0.15, -0.1) is 0 Å². The fraction of sp³-hybridized carbons (Fsp3) is 0.857. The molecule has 0 saturated carbocycles. The smallest absolute Gasteiger partial charge is 0.108 e. The van der Waals surface area contributed by atoms with Gasteiger partial charge in [0.1, 0.15) is 12.6 Å². The van der Waals surface area contributed by atoms with Crippen molar-refractivity contribution in [2.45, 2.75) is 12.5 Å². The van der Waals surface area contributed by atoms with Gasteiger partial charge in [0.25, 0.3) is 0 Å². The molecule has 0 rings (SSSR count). The second kappa shape index (κ2) is 3.69. The van der Waals surface area contributed by atoms with Crippen LogP contribution in [-0.4, -0.2) is 49.3 Å². The van der Waals surface area contributed by atoms with Crippen LogP contribution in [-0.2, 0) is 4.79 Å². The van der Waals surface area contributed by atoms with Crippen molar-refractivity contribution in [1.29, 1.82) is 0 Å². The lowest BCUT2D eigenvalue weighted by molar-refractivity contribution is -0.873. The van der Waals surface area contributed by atoms with Crippen LogP contribution in [0.25, 0.3) is 0 Å². The van der Waals surface area contributed by atoms with E-state index in [9.17, 15) is 15.0 Å². The van der Waals surface area contributed by atoms with Gasteiger partial charge in [0, 0.05) is 12.4 Å². The molecule has 0 fully saturated rings. The molecule has 0 spiro atoms. The largest absolute Gasteiger partial charge is 0.550 e. The average Bonchev–Trinajstić information content (AvgIpc) is 1.80. The first kappa shape index (κ1) is 5.97. The molecule has 0 aromatic heterocycles. The molecule has 11 heavy (non-hydrogen) atoms. The normalized spacial score (nSPS) is 22.7. The molecule has 0 aromatic rings. The number of rotatable bonds is 4. The lowest BCUT2D eigenvalue weighted by Crippen LogP contribution is -2.43. The molecule has 0 aliphatic heterocycles. The van der Waals surface area contributed by atoms with Crippen LogP contribution in [0.4, 0.5) is 0 Å². The molecule has 1 atom stereocenters. The van der Waals surface area contributed by atoms with Crippen LogP contribution >= 0.6 is 0 Å². The molecular formula is C7H15NO3. The topological polar surface area (TPSA) is 60.4 Å². The monoisotopic (exact) mass is 164 g/mol. The van der Waals surface area contributed by atoms with Gasteiger partial charge >= 0.3 is 0 Å². The van der Waals surface area contributed by atoms with Gasteiger partial charge in [-0.05, 0) is 0 Å². The van der Waals surface area contributed by atoms with Crippen LogP contribution in [0, 0.1) is 0 Å². The summed E-state index contributed by atoms with van der Waals surface area (Å²) in [5, 5.41) is 19.6. The van der Waals surface area contributed by atoms with Gasteiger partial charge in [0.2, 0.25) is 0 Å². The van der Waals surface area contributed by atoms with Crippen LogP contribution in [0.3, 0.4) is 0 Å². The maximum absolute atomic E-state index is 10.2. The third-order valence-corrected chi connectivity index (χ3v) is 0.776. The summed E-state index contributed by atoms with van der Waals surface area (Å²) in [5.74, 6) is -1.65. The van der Waals surface area contributed by atoms with Crippen molar-refractivity contribution in [3.05, 3.63) is 0 Å². The second-order valence-corrected chi connectivity index (χ2v) is 3.12. The van der Waals surface area contributed by atoms with Gasteiger partial charge in [0.05, 0.1) is 25.3 Å². The van der Waals surface area contributed by atoms with Crippen molar-refractivity contribution < 1.29 is 23.6 Å². The van der Waals surface area contributed by atoms with Gasteiger partial charge in [-0.25, -0.2) is 0 Å². The molecule has 0 aromatic carbocycles. The molecule has 0 amide bonds. The summed E-state index contributed by atoms with van der Waals surface area (Å²) in [6.45, 7) is -2.40. The molecule has 4 heteroatoms. The summed E-state index contributed by atoms with van der Waals surface area (Å²) in [7, 11) is 4.28. The Hall–Kier alpha value is -0.610. The predicted molar refractivity (Wildman–Crippen MR) is 38.5 cm³/mol. The first-order valence-corrected chi connectivity index (χ1v) is 3.15. The van der Waals surface area contributed by atoms with Gasteiger partial charge in [-0.1, -0.05) is 0 Å². The Kier molecular flexibility index (Phi) is 2.00. The number of hydrogen-bond acceptors (Lipinski definition) is 3. The lowest BCUT2D eigenvalue weighted by atomic mass is 10.2. The maximum Gasteiger partial charge on any atom is 0.108 e. The molecule has 0 heterocycles. The summed E-state index contributed by atoms with van der Waals surface area (Å²) in [4.78, 5) is 10.2. The van der Waals surface area contributed by atoms with Crippen LogP contribution in [0.1, 0.15) is 10.5 Å². The maximum atomic E-state index is 10.2. The zero-order chi connectivity index (χ0) is 11.8. The molecule has 0 radical (unpaired) electrons. The van der Waals surface area contributed by atoms with Crippen molar-refractivity contribution in [2.75, 3.05) is 27.6 Å². The van der Waals surface area contributed by atoms with E-state index in [2.05, 4.69) is 0 Å². The minimum absolute atomic E-state index is 0.375.